The van der Waals surface area contributed by atoms with Gasteiger partial charge in [0.15, 0.2) is 0 Å². The van der Waals surface area contributed by atoms with E-state index < -0.39 is 0 Å². The molecule has 0 bridgehead atoms. The highest BCUT2D eigenvalue weighted by Gasteiger charge is 2.51. The van der Waals surface area contributed by atoms with Crippen LogP contribution in [0.2, 0.25) is 0 Å². The minimum absolute atomic E-state index is 0.324. The fourth-order valence-corrected chi connectivity index (χ4v) is 2.17. The van der Waals surface area contributed by atoms with E-state index in [9.17, 15) is 0 Å². The van der Waals surface area contributed by atoms with Crippen LogP contribution >= 0.6 is 0 Å². The van der Waals surface area contributed by atoms with Gasteiger partial charge in [-0.1, -0.05) is 23.8 Å². The highest BCUT2D eigenvalue weighted by atomic mass is 16.7. The molecule has 4 heteroatoms. The molecule has 0 atom stereocenters. The zero-order valence-electron chi connectivity index (χ0n) is 12.3. The molecule has 0 spiro atoms. The second kappa shape index (κ2) is 4.66. The molecule has 0 saturated carbocycles. The topological polar surface area (TPSA) is 42.2 Å². The number of rotatable bonds is 2. The Balaban J connectivity index is 2.28. The van der Waals surface area contributed by atoms with E-state index in [1.165, 1.54) is 0 Å². The first-order valence-corrected chi connectivity index (χ1v) is 6.59. The van der Waals surface area contributed by atoms with Crippen molar-refractivity contribution in [2.45, 2.75) is 52.2 Å². The normalized spacial score (nSPS) is 20.3. The van der Waals surface area contributed by atoms with Gasteiger partial charge in [0.05, 0.1) is 23.7 Å². The maximum absolute atomic E-state index is 8.73. The van der Waals surface area contributed by atoms with Crippen LogP contribution < -0.4 is 5.46 Å². The Labute approximate surface area is 115 Å². The molecule has 1 aliphatic heterocycles. The molecule has 100 valence electrons. The average Bonchev–Trinajstić information content (AvgIpc) is 2.48. The third kappa shape index (κ3) is 2.54. The largest absolute Gasteiger partial charge is 0.495 e. The minimum Gasteiger partial charge on any atom is -0.399 e. The lowest BCUT2D eigenvalue weighted by Crippen LogP contribution is -2.41. The Morgan fingerprint density at radius 1 is 1.16 bits per heavy atom. The lowest BCUT2D eigenvalue weighted by Gasteiger charge is -2.32. The van der Waals surface area contributed by atoms with Crippen LogP contribution in [0.1, 0.15) is 38.8 Å². The zero-order chi connectivity index (χ0) is 14.3. The fourth-order valence-electron chi connectivity index (χ4n) is 2.17. The summed E-state index contributed by atoms with van der Waals surface area (Å²) in [5.74, 6) is 0. The predicted molar refractivity (Wildman–Crippen MR) is 76.2 cm³/mol. The van der Waals surface area contributed by atoms with Crippen LogP contribution in [-0.4, -0.2) is 18.3 Å². The van der Waals surface area contributed by atoms with E-state index in [2.05, 4.69) is 6.07 Å². The summed E-state index contributed by atoms with van der Waals surface area (Å²) in [6.45, 7) is 10.2. The maximum atomic E-state index is 8.73. The lowest BCUT2D eigenvalue weighted by atomic mass is 9.75. The molecule has 0 aromatic heterocycles. The Morgan fingerprint density at radius 3 is 2.21 bits per heavy atom. The first kappa shape index (κ1) is 14.1. The summed E-state index contributed by atoms with van der Waals surface area (Å²) < 4.78 is 12.1. The fraction of sp³-hybridized carbons (Fsp3) is 0.533. The summed E-state index contributed by atoms with van der Waals surface area (Å²) in [6.07, 6.45) is 0.435. The smallest absolute Gasteiger partial charge is 0.399 e. The maximum Gasteiger partial charge on any atom is 0.495 e. The van der Waals surface area contributed by atoms with Gasteiger partial charge in [-0.05, 0) is 45.6 Å². The van der Waals surface area contributed by atoms with Gasteiger partial charge >= 0.3 is 7.12 Å². The molecular formula is C15H20BNO2. The molecule has 0 N–H and O–H groups in total. The first-order valence-electron chi connectivity index (χ1n) is 6.59. The summed E-state index contributed by atoms with van der Waals surface area (Å²) in [6, 6.07) is 8.17. The van der Waals surface area contributed by atoms with Crippen molar-refractivity contribution >= 4 is 12.6 Å². The quantitative estimate of drug-likeness (QED) is 0.764. The highest BCUT2D eigenvalue weighted by molar-refractivity contribution is 6.62. The molecular weight excluding hydrogens is 237 g/mol. The minimum atomic E-state index is -0.332. The van der Waals surface area contributed by atoms with Crippen LogP contribution in [-0.2, 0) is 15.7 Å². The molecule has 1 aromatic carbocycles. The third-order valence-corrected chi connectivity index (χ3v) is 4.12. The third-order valence-electron chi connectivity index (χ3n) is 4.12. The van der Waals surface area contributed by atoms with E-state index in [0.29, 0.717) is 6.42 Å². The van der Waals surface area contributed by atoms with E-state index in [0.717, 1.165) is 16.6 Å². The second-order valence-corrected chi connectivity index (χ2v) is 6.11. The molecule has 1 aromatic rings. The summed E-state index contributed by atoms with van der Waals surface area (Å²) in [4.78, 5) is 0. The van der Waals surface area contributed by atoms with Crippen LogP contribution in [0.3, 0.4) is 0 Å². The number of nitriles is 1. The molecule has 0 radical (unpaired) electrons. The van der Waals surface area contributed by atoms with Crippen LogP contribution in [0.4, 0.5) is 0 Å². The van der Waals surface area contributed by atoms with Gasteiger partial charge < -0.3 is 9.31 Å². The number of hydrogen-bond acceptors (Lipinski definition) is 3. The summed E-state index contributed by atoms with van der Waals surface area (Å²) in [5.41, 5.74) is 2.53. The van der Waals surface area contributed by atoms with Gasteiger partial charge in [0.2, 0.25) is 0 Å². The van der Waals surface area contributed by atoms with Gasteiger partial charge in [-0.2, -0.15) is 5.26 Å². The first-order chi connectivity index (χ1) is 8.77. The molecule has 2 rings (SSSR count). The standard InChI is InChI=1S/C15H20BNO2/c1-11-10-12(8-9-17)6-7-13(11)16-18-14(2,3)15(4,5)19-16/h6-7,10H,8H2,1-5H3. The predicted octanol–water partition coefficient (Wildman–Crippen LogP) is 2.36. The molecule has 0 unspecified atom stereocenters. The molecule has 1 aliphatic rings. The summed E-state index contributed by atoms with van der Waals surface area (Å²) in [5, 5.41) is 8.73. The molecule has 0 amide bonds. The molecule has 1 fully saturated rings. The lowest BCUT2D eigenvalue weighted by molar-refractivity contribution is 0.00578. The van der Waals surface area contributed by atoms with Gasteiger partial charge in [0, 0.05) is 0 Å². The van der Waals surface area contributed by atoms with Gasteiger partial charge in [-0.15, -0.1) is 0 Å². The van der Waals surface area contributed by atoms with E-state index >= 15 is 0 Å². The molecule has 1 heterocycles. The van der Waals surface area contributed by atoms with Crippen molar-refractivity contribution in [3.05, 3.63) is 29.3 Å². The summed E-state index contributed by atoms with van der Waals surface area (Å²) >= 11 is 0. The molecule has 19 heavy (non-hydrogen) atoms. The van der Waals surface area contributed by atoms with E-state index in [-0.39, 0.29) is 18.3 Å². The molecule has 1 saturated heterocycles. The van der Waals surface area contributed by atoms with Crippen molar-refractivity contribution in [2.75, 3.05) is 0 Å². The van der Waals surface area contributed by atoms with Crippen LogP contribution in [0.25, 0.3) is 0 Å². The number of aryl methyl sites for hydroxylation is 1. The van der Waals surface area contributed by atoms with Crippen molar-refractivity contribution in [2.24, 2.45) is 0 Å². The summed E-state index contributed by atoms with van der Waals surface area (Å²) in [7, 11) is -0.332. The van der Waals surface area contributed by atoms with E-state index in [1.807, 2.05) is 52.8 Å². The Bertz CT molecular complexity index is 515. The van der Waals surface area contributed by atoms with Gasteiger partial charge in [0.1, 0.15) is 0 Å². The molecule has 0 aliphatic carbocycles. The number of hydrogen-bond donors (Lipinski definition) is 0. The van der Waals surface area contributed by atoms with Crippen molar-refractivity contribution in [1.29, 1.82) is 5.26 Å². The van der Waals surface area contributed by atoms with Crippen LogP contribution in [0, 0.1) is 18.3 Å². The van der Waals surface area contributed by atoms with E-state index in [4.69, 9.17) is 14.6 Å². The number of nitrogens with zero attached hydrogens (tertiary/aromatic N) is 1. The molecule has 3 nitrogen and oxygen atoms in total. The van der Waals surface area contributed by atoms with Gasteiger partial charge in [0.25, 0.3) is 0 Å². The van der Waals surface area contributed by atoms with E-state index in [1.54, 1.807) is 0 Å². The van der Waals surface area contributed by atoms with Crippen molar-refractivity contribution in [3.63, 3.8) is 0 Å². The highest BCUT2D eigenvalue weighted by Crippen LogP contribution is 2.36. The van der Waals surface area contributed by atoms with Crippen molar-refractivity contribution in [1.82, 2.24) is 0 Å². The Kier molecular flexibility index (Phi) is 3.46. The van der Waals surface area contributed by atoms with Crippen LogP contribution in [0.5, 0.6) is 0 Å². The zero-order valence-corrected chi connectivity index (χ0v) is 12.3. The SMILES string of the molecule is Cc1cc(CC#N)ccc1B1OC(C)(C)C(C)(C)O1. The number of benzene rings is 1. The van der Waals surface area contributed by atoms with Crippen molar-refractivity contribution in [3.8, 4) is 6.07 Å². The average molecular weight is 257 g/mol. The Hall–Kier alpha value is -1.31. The van der Waals surface area contributed by atoms with Crippen LogP contribution in [0.15, 0.2) is 18.2 Å². The monoisotopic (exact) mass is 257 g/mol. The Morgan fingerprint density at radius 2 is 1.74 bits per heavy atom. The second-order valence-electron chi connectivity index (χ2n) is 6.11. The van der Waals surface area contributed by atoms with Gasteiger partial charge in [-0.25, -0.2) is 0 Å². The van der Waals surface area contributed by atoms with Crippen molar-refractivity contribution < 1.29 is 9.31 Å². The van der Waals surface area contributed by atoms with Gasteiger partial charge in [-0.3, -0.25) is 0 Å².